The second-order valence-electron chi connectivity index (χ2n) is 2.92. The van der Waals surface area contributed by atoms with Crippen LogP contribution in [-0.2, 0) is 0 Å². The Morgan fingerprint density at radius 2 is 1.57 bits per heavy atom. The highest BCUT2D eigenvalue weighted by molar-refractivity contribution is 5.45. The number of benzene rings is 1. The third-order valence-electron chi connectivity index (χ3n) is 2.00. The number of hydrogen-bond acceptors (Lipinski definition) is 1. The number of hydrogen-bond donors (Lipinski definition) is 0. The average Bonchev–Trinajstić information content (AvgIpc) is 2.30. The molecule has 1 aromatic carbocycles. The van der Waals surface area contributed by atoms with Gasteiger partial charge in [0.2, 0.25) is 0 Å². The Bertz CT molecular complexity index is 206. The van der Waals surface area contributed by atoms with E-state index < -0.39 is 0 Å². The van der Waals surface area contributed by atoms with Gasteiger partial charge in [-0.25, -0.2) is 0 Å². The Morgan fingerprint density at radius 3 is 2.00 bits per heavy atom. The molecule has 0 aliphatic carbocycles. The first kappa shape index (κ1) is 13.0. The van der Waals surface area contributed by atoms with Crippen molar-refractivity contribution in [1.82, 2.24) is 0 Å². The molecule has 1 nitrogen and oxygen atoms in total. The second kappa shape index (κ2) is 8.61. The van der Waals surface area contributed by atoms with Crippen molar-refractivity contribution in [3.8, 4) is 0 Å². The Hall–Kier alpha value is -0.980. The smallest absolute Gasteiger partial charge is 0.0366 e. The van der Waals surface area contributed by atoms with Gasteiger partial charge < -0.3 is 4.90 Å². The van der Waals surface area contributed by atoms with Crippen LogP contribution in [-0.4, -0.2) is 13.1 Å². The van der Waals surface area contributed by atoms with Gasteiger partial charge >= 0.3 is 0 Å². The van der Waals surface area contributed by atoms with E-state index in [0.717, 1.165) is 13.1 Å². The van der Waals surface area contributed by atoms with Crippen molar-refractivity contribution in [2.24, 2.45) is 0 Å². The highest BCUT2D eigenvalue weighted by Crippen LogP contribution is 2.12. The Morgan fingerprint density at radius 1 is 1.00 bits per heavy atom. The molecule has 0 atom stereocenters. The van der Waals surface area contributed by atoms with Crippen molar-refractivity contribution in [3.05, 3.63) is 30.3 Å². The molecule has 0 aliphatic heterocycles. The van der Waals surface area contributed by atoms with Gasteiger partial charge in [0, 0.05) is 18.8 Å². The fraction of sp³-hybridized carbons (Fsp3) is 0.538. The van der Waals surface area contributed by atoms with Gasteiger partial charge in [-0.1, -0.05) is 39.0 Å². The van der Waals surface area contributed by atoms with Crippen molar-refractivity contribution in [2.45, 2.75) is 34.1 Å². The van der Waals surface area contributed by atoms with Crippen molar-refractivity contribution in [2.75, 3.05) is 18.0 Å². The van der Waals surface area contributed by atoms with E-state index in [1.54, 1.807) is 0 Å². The minimum atomic E-state index is 1.10. The van der Waals surface area contributed by atoms with E-state index in [4.69, 9.17) is 0 Å². The summed E-state index contributed by atoms with van der Waals surface area (Å²) in [5, 5.41) is 0. The second-order valence-corrected chi connectivity index (χ2v) is 2.92. The molecule has 0 N–H and O–H groups in total. The number of rotatable bonds is 4. The largest absolute Gasteiger partial charge is 0.372 e. The van der Waals surface area contributed by atoms with Crippen LogP contribution in [0, 0.1) is 0 Å². The van der Waals surface area contributed by atoms with Crippen molar-refractivity contribution in [3.63, 3.8) is 0 Å². The zero-order chi connectivity index (χ0) is 10.8. The van der Waals surface area contributed by atoms with Gasteiger partial charge in [-0.2, -0.15) is 0 Å². The predicted molar refractivity (Wildman–Crippen MR) is 66.0 cm³/mol. The van der Waals surface area contributed by atoms with Gasteiger partial charge in [0.1, 0.15) is 0 Å². The molecule has 0 spiro atoms. The molecular weight excluding hydrogens is 170 g/mol. The van der Waals surface area contributed by atoms with E-state index in [9.17, 15) is 0 Å². The van der Waals surface area contributed by atoms with Gasteiger partial charge in [-0.15, -0.1) is 0 Å². The molecule has 0 aromatic heterocycles. The van der Waals surface area contributed by atoms with E-state index in [-0.39, 0.29) is 0 Å². The summed E-state index contributed by atoms with van der Waals surface area (Å²) in [6.45, 7) is 10.7. The molecule has 0 fully saturated rings. The van der Waals surface area contributed by atoms with E-state index in [2.05, 4.69) is 49.1 Å². The molecule has 80 valence electrons. The molecular formula is C13H23N. The standard InChI is InChI=1S/C11H17N.C2H6/c1-3-10-12(4-2)11-8-6-5-7-9-11;1-2/h5-9H,3-4,10H2,1-2H3;1-2H3. The third-order valence-corrected chi connectivity index (χ3v) is 2.00. The van der Waals surface area contributed by atoms with Crippen molar-refractivity contribution >= 4 is 5.69 Å². The maximum atomic E-state index is 2.39. The van der Waals surface area contributed by atoms with E-state index in [0.29, 0.717) is 0 Å². The molecule has 14 heavy (non-hydrogen) atoms. The fourth-order valence-corrected chi connectivity index (χ4v) is 1.38. The van der Waals surface area contributed by atoms with Gasteiger partial charge in [-0.05, 0) is 25.5 Å². The molecule has 1 heteroatoms. The van der Waals surface area contributed by atoms with Crippen LogP contribution >= 0.6 is 0 Å². The zero-order valence-corrected chi connectivity index (χ0v) is 9.96. The normalized spacial score (nSPS) is 8.86. The minimum Gasteiger partial charge on any atom is -0.372 e. The SMILES string of the molecule is CC.CCCN(CC)c1ccccc1. The topological polar surface area (TPSA) is 3.24 Å². The molecule has 0 radical (unpaired) electrons. The number of nitrogens with zero attached hydrogens (tertiary/aromatic N) is 1. The minimum absolute atomic E-state index is 1.10. The van der Waals surface area contributed by atoms with Gasteiger partial charge in [0.15, 0.2) is 0 Å². The van der Waals surface area contributed by atoms with Gasteiger partial charge in [-0.3, -0.25) is 0 Å². The van der Waals surface area contributed by atoms with Crippen LogP contribution in [0.4, 0.5) is 5.69 Å². The highest BCUT2D eigenvalue weighted by Gasteiger charge is 1.99. The third kappa shape index (κ3) is 4.31. The molecule has 0 saturated heterocycles. The van der Waals surface area contributed by atoms with Crippen LogP contribution in [0.5, 0.6) is 0 Å². The van der Waals surface area contributed by atoms with E-state index >= 15 is 0 Å². The first-order valence-electron chi connectivity index (χ1n) is 5.68. The number of para-hydroxylation sites is 1. The van der Waals surface area contributed by atoms with E-state index in [1.165, 1.54) is 12.1 Å². The van der Waals surface area contributed by atoms with Crippen LogP contribution in [0.15, 0.2) is 30.3 Å². The summed E-state index contributed by atoms with van der Waals surface area (Å²) >= 11 is 0. The first-order chi connectivity index (χ1) is 6.88. The Balaban J connectivity index is 0.000000791. The predicted octanol–water partition coefficient (Wildman–Crippen LogP) is 3.95. The number of anilines is 1. The summed E-state index contributed by atoms with van der Waals surface area (Å²) in [7, 11) is 0. The van der Waals surface area contributed by atoms with Gasteiger partial charge in [0.25, 0.3) is 0 Å². The van der Waals surface area contributed by atoms with Crippen LogP contribution in [0.3, 0.4) is 0 Å². The van der Waals surface area contributed by atoms with Crippen LogP contribution < -0.4 is 4.90 Å². The summed E-state index contributed by atoms with van der Waals surface area (Å²) < 4.78 is 0. The average molecular weight is 193 g/mol. The quantitative estimate of drug-likeness (QED) is 0.700. The highest BCUT2D eigenvalue weighted by atomic mass is 15.1. The van der Waals surface area contributed by atoms with Crippen molar-refractivity contribution < 1.29 is 0 Å². The van der Waals surface area contributed by atoms with Crippen LogP contribution in [0.1, 0.15) is 34.1 Å². The Kier molecular flexibility index (Phi) is 8.01. The molecule has 0 unspecified atom stereocenters. The first-order valence-corrected chi connectivity index (χ1v) is 5.68. The van der Waals surface area contributed by atoms with E-state index in [1.807, 2.05) is 13.8 Å². The Labute approximate surface area is 88.8 Å². The fourth-order valence-electron chi connectivity index (χ4n) is 1.38. The zero-order valence-electron chi connectivity index (χ0n) is 9.96. The maximum absolute atomic E-state index is 2.39. The lowest BCUT2D eigenvalue weighted by molar-refractivity contribution is 0.792. The molecule has 0 amide bonds. The van der Waals surface area contributed by atoms with Crippen molar-refractivity contribution in [1.29, 1.82) is 0 Å². The molecule has 1 aromatic rings. The molecule has 0 aliphatic rings. The lowest BCUT2D eigenvalue weighted by Gasteiger charge is -2.21. The lowest BCUT2D eigenvalue weighted by Crippen LogP contribution is -2.23. The molecule has 1 rings (SSSR count). The summed E-state index contributed by atoms with van der Waals surface area (Å²) in [6, 6.07) is 10.6. The molecule has 0 heterocycles. The van der Waals surface area contributed by atoms with Crippen LogP contribution in [0.2, 0.25) is 0 Å². The lowest BCUT2D eigenvalue weighted by atomic mass is 10.3. The van der Waals surface area contributed by atoms with Crippen LogP contribution in [0.25, 0.3) is 0 Å². The summed E-state index contributed by atoms with van der Waals surface area (Å²) in [5.74, 6) is 0. The maximum Gasteiger partial charge on any atom is 0.0366 e. The summed E-state index contributed by atoms with van der Waals surface area (Å²) in [5.41, 5.74) is 1.34. The summed E-state index contributed by atoms with van der Waals surface area (Å²) in [6.07, 6.45) is 1.21. The molecule has 0 bridgehead atoms. The summed E-state index contributed by atoms with van der Waals surface area (Å²) in [4.78, 5) is 2.39. The van der Waals surface area contributed by atoms with Gasteiger partial charge in [0.05, 0.1) is 0 Å². The molecule has 0 saturated carbocycles. The monoisotopic (exact) mass is 193 g/mol.